The van der Waals surface area contributed by atoms with Crippen LogP contribution in [0.1, 0.15) is 32.7 Å². The Morgan fingerprint density at radius 1 is 1.17 bits per heavy atom. The lowest BCUT2D eigenvalue weighted by Gasteiger charge is -2.24. The maximum absolute atomic E-state index is 12.4. The van der Waals surface area contributed by atoms with Gasteiger partial charge in [0.2, 0.25) is 0 Å². The Balaban J connectivity index is 1.65. The van der Waals surface area contributed by atoms with Crippen molar-refractivity contribution in [2.75, 3.05) is 5.32 Å². The minimum atomic E-state index is -0.379. The molecule has 2 N–H and O–H groups in total. The number of hydrogen-bond donors (Lipinski definition) is 2. The number of benzene rings is 1. The van der Waals surface area contributed by atoms with E-state index >= 15 is 0 Å². The molecule has 0 saturated carbocycles. The van der Waals surface area contributed by atoms with Gasteiger partial charge in [-0.05, 0) is 43.7 Å². The molecule has 1 aliphatic rings. The van der Waals surface area contributed by atoms with Gasteiger partial charge < -0.3 is 15.1 Å². The van der Waals surface area contributed by atoms with E-state index in [0.717, 1.165) is 26.6 Å². The highest BCUT2D eigenvalue weighted by atomic mass is 35.5. The van der Waals surface area contributed by atoms with Crippen molar-refractivity contribution in [3.63, 3.8) is 0 Å². The molecule has 0 aliphatic carbocycles. The van der Waals surface area contributed by atoms with Gasteiger partial charge in [0.05, 0.1) is 5.56 Å². The summed E-state index contributed by atoms with van der Waals surface area (Å²) in [5.74, 6) is 1.30. The van der Waals surface area contributed by atoms with Crippen molar-refractivity contribution in [2.24, 2.45) is 0 Å². The van der Waals surface area contributed by atoms with E-state index in [0.29, 0.717) is 16.5 Å². The van der Waals surface area contributed by atoms with Gasteiger partial charge in [-0.25, -0.2) is 0 Å². The molecule has 122 valence electrons. The predicted octanol–water partition coefficient (Wildman–Crippen LogP) is 5.13. The summed E-state index contributed by atoms with van der Waals surface area (Å²) in [4.78, 5) is 13.6. The average molecular weight is 359 g/mol. The van der Waals surface area contributed by atoms with E-state index in [1.54, 1.807) is 11.3 Å². The standard InChI is InChI=1S/C18H15ClN2O2S/c1-9-10(2)24-18-15(9)17(22)20-16(21-18)14-7-6-13(23-14)11-4-3-5-12(19)8-11/h3-8,16,21H,1-2H3,(H,20,22)/t16-/m1/s1. The summed E-state index contributed by atoms with van der Waals surface area (Å²) in [5, 5.41) is 7.85. The van der Waals surface area contributed by atoms with Crippen LogP contribution in [0.4, 0.5) is 5.00 Å². The monoisotopic (exact) mass is 358 g/mol. The summed E-state index contributed by atoms with van der Waals surface area (Å²) in [5.41, 5.74) is 2.66. The van der Waals surface area contributed by atoms with Crippen molar-refractivity contribution in [2.45, 2.75) is 20.0 Å². The Hall–Kier alpha value is -2.24. The molecule has 1 aromatic carbocycles. The summed E-state index contributed by atoms with van der Waals surface area (Å²) in [6, 6.07) is 11.2. The molecule has 1 amide bonds. The lowest BCUT2D eigenvalue weighted by molar-refractivity contribution is 0.0931. The van der Waals surface area contributed by atoms with Crippen LogP contribution in [0.5, 0.6) is 0 Å². The summed E-state index contributed by atoms with van der Waals surface area (Å²) < 4.78 is 5.93. The van der Waals surface area contributed by atoms with E-state index in [1.807, 2.05) is 50.2 Å². The van der Waals surface area contributed by atoms with Crippen LogP contribution in [-0.2, 0) is 0 Å². The molecule has 0 bridgehead atoms. The Kier molecular flexibility index (Phi) is 3.62. The molecule has 0 fully saturated rings. The molecule has 2 aromatic heterocycles. The van der Waals surface area contributed by atoms with Crippen LogP contribution in [0.25, 0.3) is 11.3 Å². The van der Waals surface area contributed by atoms with Crippen molar-refractivity contribution in [1.29, 1.82) is 0 Å². The molecule has 4 nitrogen and oxygen atoms in total. The zero-order chi connectivity index (χ0) is 16.8. The molecular formula is C18H15ClN2O2S. The normalized spacial score (nSPS) is 16.5. The Morgan fingerprint density at radius 2 is 2.00 bits per heavy atom. The van der Waals surface area contributed by atoms with Crippen molar-refractivity contribution in [1.82, 2.24) is 5.32 Å². The van der Waals surface area contributed by atoms with Gasteiger partial charge in [-0.1, -0.05) is 23.7 Å². The van der Waals surface area contributed by atoms with Gasteiger partial charge in [-0.2, -0.15) is 0 Å². The number of furan rings is 1. The van der Waals surface area contributed by atoms with Crippen molar-refractivity contribution < 1.29 is 9.21 Å². The first-order chi connectivity index (χ1) is 11.5. The third-order valence-corrected chi connectivity index (χ3v) is 5.56. The second-order valence-electron chi connectivity index (χ2n) is 5.75. The van der Waals surface area contributed by atoms with E-state index in [2.05, 4.69) is 10.6 Å². The largest absolute Gasteiger partial charge is 0.457 e. The van der Waals surface area contributed by atoms with Crippen LogP contribution >= 0.6 is 22.9 Å². The van der Waals surface area contributed by atoms with Crippen LogP contribution in [0, 0.1) is 13.8 Å². The molecule has 4 rings (SSSR count). The fourth-order valence-corrected chi connectivity index (χ4v) is 4.10. The van der Waals surface area contributed by atoms with Gasteiger partial charge in [0.25, 0.3) is 5.91 Å². The van der Waals surface area contributed by atoms with Crippen LogP contribution < -0.4 is 10.6 Å². The van der Waals surface area contributed by atoms with Gasteiger partial charge in [-0.3, -0.25) is 4.79 Å². The molecule has 1 aliphatic heterocycles. The van der Waals surface area contributed by atoms with Gasteiger partial charge in [0.1, 0.15) is 16.5 Å². The predicted molar refractivity (Wildman–Crippen MR) is 96.8 cm³/mol. The van der Waals surface area contributed by atoms with Crippen LogP contribution in [0.3, 0.4) is 0 Å². The van der Waals surface area contributed by atoms with Crippen LogP contribution in [-0.4, -0.2) is 5.91 Å². The molecule has 0 unspecified atom stereocenters. The number of anilines is 1. The highest BCUT2D eigenvalue weighted by Gasteiger charge is 2.30. The van der Waals surface area contributed by atoms with E-state index in [1.165, 1.54) is 0 Å². The van der Waals surface area contributed by atoms with Gasteiger partial charge in [-0.15, -0.1) is 11.3 Å². The zero-order valence-corrected chi connectivity index (χ0v) is 14.7. The summed E-state index contributed by atoms with van der Waals surface area (Å²) in [6.07, 6.45) is -0.379. The van der Waals surface area contributed by atoms with Crippen molar-refractivity contribution in [3.8, 4) is 11.3 Å². The van der Waals surface area contributed by atoms with Gasteiger partial charge in [0, 0.05) is 15.5 Å². The quantitative estimate of drug-likeness (QED) is 0.667. The number of fused-ring (bicyclic) bond motifs is 1. The van der Waals surface area contributed by atoms with E-state index < -0.39 is 0 Å². The summed E-state index contributed by atoms with van der Waals surface area (Å²) >= 11 is 7.63. The minimum absolute atomic E-state index is 0.0729. The molecular weight excluding hydrogens is 344 g/mol. The number of aryl methyl sites for hydroxylation is 1. The maximum atomic E-state index is 12.4. The first-order valence-electron chi connectivity index (χ1n) is 7.56. The zero-order valence-electron chi connectivity index (χ0n) is 13.1. The second-order valence-corrected chi connectivity index (χ2v) is 7.41. The van der Waals surface area contributed by atoms with Crippen LogP contribution in [0.15, 0.2) is 40.8 Å². The molecule has 24 heavy (non-hydrogen) atoms. The molecule has 6 heteroatoms. The fourth-order valence-electron chi connectivity index (χ4n) is 2.82. The molecule has 0 radical (unpaired) electrons. The smallest absolute Gasteiger partial charge is 0.256 e. The van der Waals surface area contributed by atoms with Crippen LogP contribution in [0.2, 0.25) is 5.02 Å². The molecule has 0 spiro atoms. The molecule has 3 aromatic rings. The first kappa shape index (κ1) is 15.3. The third-order valence-electron chi connectivity index (χ3n) is 4.18. The van der Waals surface area contributed by atoms with Crippen molar-refractivity contribution in [3.05, 3.63) is 63.2 Å². The van der Waals surface area contributed by atoms with E-state index in [-0.39, 0.29) is 12.1 Å². The SMILES string of the molecule is Cc1sc2c(c1C)C(=O)N[C@@H](c1ccc(-c3cccc(Cl)c3)o1)N2. The minimum Gasteiger partial charge on any atom is -0.457 e. The Labute approximate surface area is 148 Å². The van der Waals surface area contributed by atoms with Gasteiger partial charge >= 0.3 is 0 Å². The van der Waals surface area contributed by atoms with E-state index in [4.69, 9.17) is 16.0 Å². The summed E-state index contributed by atoms with van der Waals surface area (Å²) in [7, 11) is 0. The summed E-state index contributed by atoms with van der Waals surface area (Å²) in [6.45, 7) is 3.99. The number of amides is 1. The highest BCUT2D eigenvalue weighted by Crippen LogP contribution is 2.38. The lowest BCUT2D eigenvalue weighted by atomic mass is 10.1. The average Bonchev–Trinajstić information content (AvgIpc) is 3.13. The number of halogens is 1. The number of nitrogens with one attached hydrogen (secondary N) is 2. The lowest BCUT2D eigenvalue weighted by Crippen LogP contribution is -2.37. The fraction of sp³-hybridized carbons (Fsp3) is 0.167. The highest BCUT2D eigenvalue weighted by molar-refractivity contribution is 7.16. The maximum Gasteiger partial charge on any atom is 0.256 e. The first-order valence-corrected chi connectivity index (χ1v) is 8.75. The van der Waals surface area contributed by atoms with E-state index in [9.17, 15) is 4.79 Å². The van der Waals surface area contributed by atoms with Crippen molar-refractivity contribution >= 4 is 33.8 Å². The number of carbonyl (C=O) groups excluding carboxylic acids is 1. The number of hydrogen-bond acceptors (Lipinski definition) is 4. The molecule has 0 saturated heterocycles. The second kappa shape index (κ2) is 5.69. The Morgan fingerprint density at radius 3 is 2.79 bits per heavy atom. The third kappa shape index (κ3) is 2.50. The number of thiophene rings is 1. The van der Waals surface area contributed by atoms with Gasteiger partial charge in [0.15, 0.2) is 6.17 Å². The molecule has 1 atom stereocenters. The number of carbonyl (C=O) groups is 1. The Bertz CT molecular complexity index is 944. The topological polar surface area (TPSA) is 54.3 Å². The number of rotatable bonds is 2. The molecule has 3 heterocycles.